The quantitative estimate of drug-likeness (QED) is 0.0752. The van der Waals surface area contributed by atoms with Crippen molar-refractivity contribution in [1.29, 1.82) is 0 Å². The van der Waals surface area contributed by atoms with Crippen molar-refractivity contribution in [3.05, 3.63) is 0 Å². The van der Waals surface area contributed by atoms with Crippen molar-refractivity contribution in [2.24, 2.45) is 5.73 Å². The van der Waals surface area contributed by atoms with Gasteiger partial charge in [0.15, 0.2) is 0 Å². The first-order chi connectivity index (χ1) is 14.6. The lowest BCUT2D eigenvalue weighted by molar-refractivity contribution is 0.518. The van der Waals surface area contributed by atoms with Crippen LogP contribution in [0.1, 0.15) is 148 Å². The van der Waals surface area contributed by atoms with Crippen LogP contribution in [0.2, 0.25) is 6.04 Å². The van der Waals surface area contributed by atoms with E-state index in [2.05, 4.69) is 0 Å². The summed E-state index contributed by atoms with van der Waals surface area (Å²) in [7, 11) is 0. The molecule has 0 unspecified atom stereocenters. The maximum Gasteiger partial charge on any atom is 0.341 e. The lowest BCUT2D eigenvalue weighted by Gasteiger charge is -2.07. The Labute approximate surface area is 204 Å². The van der Waals surface area contributed by atoms with Crippen LogP contribution in [0.4, 0.5) is 0 Å². The second kappa shape index (κ2) is 24.7. The summed E-state index contributed by atoms with van der Waals surface area (Å²) < 4.78 is 0. The Morgan fingerprint density at radius 2 is 0.533 bits per heavy atom. The Hall–Kier alpha value is 1.05. The van der Waals surface area contributed by atoms with Crippen molar-refractivity contribution in [3.63, 3.8) is 0 Å². The largest absolute Gasteiger partial charge is 0.341 e. The highest BCUT2D eigenvalue weighted by Crippen LogP contribution is 2.27. The third kappa shape index (κ3) is 29.0. The number of hydrogen-bond acceptors (Lipinski definition) is 1. The van der Waals surface area contributed by atoms with E-state index >= 15 is 0 Å². The summed E-state index contributed by atoms with van der Waals surface area (Å²) in [6, 6.07) is -1.53. The standard InChI is InChI=1S/C25H52Cl3NSi/c26-30(27,28)25-23-21-19-17-15-13-11-9-7-5-3-1-2-4-6-8-10-12-14-16-18-20-22-24-29/h1-25,29H2. The lowest BCUT2D eigenvalue weighted by Crippen LogP contribution is -2.07. The van der Waals surface area contributed by atoms with Gasteiger partial charge in [-0.15, -0.1) is 33.2 Å². The van der Waals surface area contributed by atoms with Crippen LogP contribution in [-0.4, -0.2) is 12.5 Å². The molecule has 0 aromatic carbocycles. The predicted octanol–water partition coefficient (Wildman–Crippen LogP) is 10.6. The van der Waals surface area contributed by atoms with Gasteiger partial charge >= 0.3 is 6.00 Å². The molecule has 2 N–H and O–H groups in total. The number of nitrogens with two attached hydrogens (primary N) is 1. The van der Waals surface area contributed by atoms with Gasteiger partial charge in [-0.25, -0.2) is 0 Å². The SMILES string of the molecule is NCCCCCCCCCCCCCCCCCCCCCCCCC[Si](Cl)(Cl)Cl. The smallest absolute Gasteiger partial charge is 0.330 e. The zero-order valence-corrected chi connectivity index (χ0v) is 23.2. The monoisotopic (exact) mass is 499 g/mol. The summed E-state index contributed by atoms with van der Waals surface area (Å²) in [5, 5.41) is 0. The molecule has 0 aliphatic heterocycles. The van der Waals surface area contributed by atoms with Crippen LogP contribution in [0.5, 0.6) is 0 Å². The Kier molecular flexibility index (Phi) is 25.5. The minimum atomic E-state index is -2.36. The molecule has 0 radical (unpaired) electrons. The van der Waals surface area contributed by atoms with Crippen LogP contribution < -0.4 is 5.73 Å². The van der Waals surface area contributed by atoms with Crippen molar-refractivity contribution in [3.8, 4) is 0 Å². The van der Waals surface area contributed by atoms with E-state index in [0.717, 1.165) is 19.0 Å². The van der Waals surface area contributed by atoms with Crippen LogP contribution in [0.3, 0.4) is 0 Å². The molecule has 0 saturated heterocycles. The van der Waals surface area contributed by atoms with Gasteiger partial charge in [0.1, 0.15) is 0 Å². The first-order valence-corrected chi connectivity index (χ1v) is 18.6. The van der Waals surface area contributed by atoms with Crippen LogP contribution in [0.15, 0.2) is 0 Å². The van der Waals surface area contributed by atoms with Gasteiger partial charge in [0.2, 0.25) is 0 Å². The van der Waals surface area contributed by atoms with Crippen molar-refractivity contribution < 1.29 is 0 Å². The topological polar surface area (TPSA) is 26.0 Å². The van der Waals surface area contributed by atoms with Gasteiger partial charge in [-0.2, -0.15) is 0 Å². The molecule has 0 saturated carbocycles. The van der Waals surface area contributed by atoms with Crippen LogP contribution in [-0.2, 0) is 0 Å². The lowest BCUT2D eigenvalue weighted by atomic mass is 10.0. The van der Waals surface area contributed by atoms with Gasteiger partial charge in [-0.3, -0.25) is 0 Å². The number of halogens is 3. The highest BCUT2D eigenvalue weighted by atomic mass is 35.8. The molecule has 0 atom stereocenters. The van der Waals surface area contributed by atoms with E-state index in [1.54, 1.807) is 0 Å². The molecule has 0 aromatic rings. The summed E-state index contributed by atoms with van der Waals surface area (Å²) >= 11 is 17.7. The van der Waals surface area contributed by atoms with Crippen LogP contribution in [0, 0.1) is 0 Å². The van der Waals surface area contributed by atoms with E-state index in [4.69, 9.17) is 39.0 Å². The third-order valence-corrected chi connectivity index (χ3v) is 8.79. The number of rotatable bonds is 25. The summed E-state index contributed by atoms with van der Waals surface area (Å²) in [4.78, 5) is 0. The summed E-state index contributed by atoms with van der Waals surface area (Å²) in [5.41, 5.74) is 5.52. The molecule has 0 fully saturated rings. The molecule has 0 aliphatic rings. The van der Waals surface area contributed by atoms with Crippen molar-refractivity contribution in [2.45, 2.75) is 154 Å². The third-order valence-electron chi connectivity index (χ3n) is 6.16. The zero-order valence-electron chi connectivity index (χ0n) is 19.9. The maximum atomic E-state index is 5.90. The predicted molar refractivity (Wildman–Crippen MR) is 143 cm³/mol. The van der Waals surface area contributed by atoms with E-state index in [0.29, 0.717) is 0 Å². The van der Waals surface area contributed by atoms with Gasteiger partial charge in [-0.05, 0) is 19.0 Å². The fourth-order valence-electron chi connectivity index (χ4n) is 4.18. The summed E-state index contributed by atoms with van der Waals surface area (Å²) in [6.45, 7) is 0.865. The summed E-state index contributed by atoms with van der Waals surface area (Å²) in [5.74, 6) is 0. The van der Waals surface area contributed by atoms with E-state index in [9.17, 15) is 0 Å². The first-order valence-electron chi connectivity index (χ1n) is 13.3. The number of hydrogen-bond donors (Lipinski definition) is 1. The molecule has 30 heavy (non-hydrogen) atoms. The fourth-order valence-corrected chi connectivity index (χ4v) is 6.04. The number of unbranched alkanes of at least 4 members (excludes halogenated alkanes) is 22. The molecule has 0 rings (SSSR count). The summed E-state index contributed by atoms with van der Waals surface area (Å²) in [6.07, 6.45) is 32.0. The molecular weight excluding hydrogens is 449 g/mol. The van der Waals surface area contributed by atoms with Crippen LogP contribution >= 0.6 is 33.2 Å². The van der Waals surface area contributed by atoms with Crippen LogP contribution in [0.25, 0.3) is 0 Å². The second-order valence-corrected chi connectivity index (χ2v) is 18.6. The molecular formula is C25H52Cl3NSi. The van der Waals surface area contributed by atoms with Crippen molar-refractivity contribution in [2.75, 3.05) is 6.54 Å². The molecule has 1 nitrogen and oxygen atoms in total. The first kappa shape index (κ1) is 31.0. The molecule has 0 aromatic heterocycles. The molecule has 0 bridgehead atoms. The van der Waals surface area contributed by atoms with Crippen molar-refractivity contribution >= 4 is 39.2 Å². The Morgan fingerprint density at radius 1 is 0.333 bits per heavy atom. The molecule has 0 aliphatic carbocycles. The van der Waals surface area contributed by atoms with Gasteiger partial charge in [-0.1, -0.05) is 141 Å². The average Bonchev–Trinajstić information content (AvgIpc) is 2.70. The Balaban J connectivity index is 3.02. The minimum Gasteiger partial charge on any atom is -0.330 e. The fraction of sp³-hybridized carbons (Fsp3) is 1.00. The molecule has 0 amide bonds. The van der Waals surface area contributed by atoms with Crippen molar-refractivity contribution in [1.82, 2.24) is 0 Å². The van der Waals surface area contributed by atoms with E-state index in [1.165, 1.54) is 141 Å². The molecule has 0 spiro atoms. The Bertz CT molecular complexity index is 324. The van der Waals surface area contributed by atoms with Gasteiger partial charge in [0, 0.05) is 0 Å². The molecule has 182 valence electrons. The normalized spacial score (nSPS) is 12.0. The van der Waals surface area contributed by atoms with E-state index in [1.807, 2.05) is 0 Å². The Morgan fingerprint density at radius 3 is 0.733 bits per heavy atom. The van der Waals surface area contributed by atoms with Gasteiger partial charge in [0.25, 0.3) is 0 Å². The highest BCUT2D eigenvalue weighted by Gasteiger charge is 2.23. The second-order valence-electron chi connectivity index (χ2n) is 9.29. The van der Waals surface area contributed by atoms with Gasteiger partial charge in [0.05, 0.1) is 0 Å². The zero-order chi connectivity index (χ0) is 22.2. The average molecular weight is 501 g/mol. The molecule has 5 heteroatoms. The minimum absolute atomic E-state index is 0.827. The van der Waals surface area contributed by atoms with E-state index in [-0.39, 0.29) is 0 Å². The van der Waals surface area contributed by atoms with E-state index < -0.39 is 6.00 Å². The molecule has 0 heterocycles. The van der Waals surface area contributed by atoms with Gasteiger partial charge < -0.3 is 5.73 Å². The highest BCUT2D eigenvalue weighted by molar-refractivity contribution is 7.64. The maximum absolute atomic E-state index is 5.90.